The highest BCUT2D eigenvalue weighted by Gasteiger charge is 2.09. The van der Waals surface area contributed by atoms with Gasteiger partial charge in [0.1, 0.15) is 10.9 Å². The molecule has 0 saturated heterocycles. The molecule has 2 nitrogen and oxygen atoms in total. The Morgan fingerprint density at radius 3 is 2.74 bits per heavy atom. The molecule has 0 aliphatic carbocycles. The topological polar surface area (TPSA) is 35.8 Å². The van der Waals surface area contributed by atoms with Crippen molar-refractivity contribution in [1.29, 1.82) is 5.26 Å². The van der Waals surface area contributed by atoms with Gasteiger partial charge >= 0.3 is 0 Å². The lowest BCUT2D eigenvalue weighted by molar-refractivity contribution is 0.589. The van der Waals surface area contributed by atoms with Crippen LogP contribution < -0.4 is 5.32 Å². The van der Waals surface area contributed by atoms with Crippen molar-refractivity contribution in [3.63, 3.8) is 0 Å². The third-order valence-corrected chi connectivity index (χ3v) is 4.01. The van der Waals surface area contributed by atoms with Gasteiger partial charge in [-0.1, -0.05) is 31.5 Å². The average Bonchev–Trinajstić information content (AvgIpc) is 2.85. The van der Waals surface area contributed by atoms with Crippen LogP contribution in [0.1, 0.15) is 24.3 Å². The van der Waals surface area contributed by atoms with E-state index in [2.05, 4.69) is 25.2 Å². The number of nitrogens with one attached hydrogen (secondary N) is 1. The Morgan fingerprint density at radius 1 is 1.32 bits per heavy atom. The number of nitriles is 1. The van der Waals surface area contributed by atoms with Crippen LogP contribution >= 0.6 is 22.9 Å². The number of rotatable bonds is 4. The first-order valence-electron chi connectivity index (χ1n) is 6.12. The van der Waals surface area contributed by atoms with Crippen LogP contribution in [0.4, 0.5) is 0 Å². The van der Waals surface area contributed by atoms with Crippen LogP contribution in [0.5, 0.6) is 0 Å². The van der Waals surface area contributed by atoms with Gasteiger partial charge in [0.25, 0.3) is 0 Å². The van der Waals surface area contributed by atoms with Crippen molar-refractivity contribution in [2.75, 3.05) is 0 Å². The fraction of sp³-hybridized carbons (Fsp3) is 0.267. The summed E-state index contributed by atoms with van der Waals surface area (Å²) in [6.07, 6.45) is 0. The highest BCUT2D eigenvalue weighted by atomic mass is 35.5. The van der Waals surface area contributed by atoms with Crippen molar-refractivity contribution < 1.29 is 0 Å². The summed E-state index contributed by atoms with van der Waals surface area (Å²) in [4.78, 5) is 1.83. The van der Waals surface area contributed by atoms with Gasteiger partial charge in [0, 0.05) is 22.5 Å². The van der Waals surface area contributed by atoms with Gasteiger partial charge in [-0.3, -0.25) is 0 Å². The zero-order valence-electron chi connectivity index (χ0n) is 10.9. The summed E-state index contributed by atoms with van der Waals surface area (Å²) in [5.41, 5.74) is 2.30. The highest BCUT2D eigenvalue weighted by molar-refractivity contribution is 7.16. The van der Waals surface area contributed by atoms with Crippen LogP contribution in [-0.4, -0.2) is 6.04 Å². The standard InChI is InChI=1S/C15H15ClN2S/c1-10(2)18-9-11-7-12(16)3-5-14(11)15-6-4-13(8-17)19-15/h3-7,10,18H,9H2,1-2H3. The van der Waals surface area contributed by atoms with Crippen molar-refractivity contribution in [2.24, 2.45) is 0 Å². The van der Waals surface area contributed by atoms with Gasteiger partial charge in [0.2, 0.25) is 0 Å². The number of thiophene rings is 1. The predicted molar refractivity (Wildman–Crippen MR) is 81.5 cm³/mol. The maximum atomic E-state index is 8.91. The number of nitrogens with zero attached hydrogens (tertiary/aromatic N) is 1. The second kappa shape index (κ2) is 6.21. The lowest BCUT2D eigenvalue weighted by Crippen LogP contribution is -2.22. The van der Waals surface area contributed by atoms with Crippen molar-refractivity contribution >= 4 is 22.9 Å². The first kappa shape index (κ1) is 14.1. The number of halogens is 1. The summed E-state index contributed by atoms with van der Waals surface area (Å²) in [5.74, 6) is 0. The molecule has 0 bridgehead atoms. The third kappa shape index (κ3) is 3.57. The second-order valence-corrected chi connectivity index (χ2v) is 6.13. The Balaban J connectivity index is 2.36. The molecule has 98 valence electrons. The van der Waals surface area contributed by atoms with E-state index in [4.69, 9.17) is 16.9 Å². The van der Waals surface area contributed by atoms with E-state index >= 15 is 0 Å². The third-order valence-electron chi connectivity index (χ3n) is 2.75. The molecule has 1 N–H and O–H groups in total. The van der Waals surface area contributed by atoms with E-state index < -0.39 is 0 Å². The molecule has 0 fully saturated rings. The van der Waals surface area contributed by atoms with Crippen molar-refractivity contribution in [1.82, 2.24) is 5.32 Å². The molecule has 0 amide bonds. The molecule has 0 atom stereocenters. The van der Waals surface area contributed by atoms with Gasteiger partial charge in [-0.15, -0.1) is 11.3 Å². The minimum atomic E-state index is 0.421. The van der Waals surface area contributed by atoms with Crippen LogP contribution in [0.2, 0.25) is 5.02 Å². The molecule has 0 saturated carbocycles. The molecule has 4 heteroatoms. The molecular formula is C15H15ClN2S. The van der Waals surface area contributed by atoms with E-state index in [1.54, 1.807) is 0 Å². The first-order valence-corrected chi connectivity index (χ1v) is 7.31. The number of hydrogen-bond donors (Lipinski definition) is 1. The number of hydrogen-bond acceptors (Lipinski definition) is 3. The summed E-state index contributed by atoms with van der Waals surface area (Å²) in [7, 11) is 0. The van der Waals surface area contributed by atoms with E-state index in [1.165, 1.54) is 11.3 Å². The fourth-order valence-corrected chi connectivity index (χ4v) is 2.86. The quantitative estimate of drug-likeness (QED) is 0.904. The van der Waals surface area contributed by atoms with Crippen molar-refractivity contribution in [2.45, 2.75) is 26.4 Å². The molecule has 0 aliphatic heterocycles. The molecule has 19 heavy (non-hydrogen) atoms. The molecule has 0 aliphatic rings. The van der Waals surface area contributed by atoms with Crippen LogP contribution in [0.15, 0.2) is 30.3 Å². The zero-order chi connectivity index (χ0) is 13.8. The lowest BCUT2D eigenvalue weighted by Gasteiger charge is -2.12. The maximum absolute atomic E-state index is 8.91. The second-order valence-electron chi connectivity index (χ2n) is 4.61. The van der Waals surface area contributed by atoms with Gasteiger partial charge in [-0.05, 0) is 35.4 Å². The smallest absolute Gasteiger partial charge is 0.110 e. The summed E-state index contributed by atoms with van der Waals surface area (Å²) in [5, 5.41) is 13.1. The summed E-state index contributed by atoms with van der Waals surface area (Å²) in [6, 6.07) is 12.3. The highest BCUT2D eigenvalue weighted by Crippen LogP contribution is 2.32. The zero-order valence-corrected chi connectivity index (χ0v) is 12.5. The average molecular weight is 291 g/mol. The molecular weight excluding hydrogens is 276 g/mol. The van der Waals surface area contributed by atoms with Crippen LogP contribution in [0.25, 0.3) is 10.4 Å². The molecule has 0 unspecified atom stereocenters. The van der Waals surface area contributed by atoms with Crippen LogP contribution in [0, 0.1) is 11.3 Å². The van der Waals surface area contributed by atoms with E-state index in [-0.39, 0.29) is 0 Å². The van der Waals surface area contributed by atoms with Crippen LogP contribution in [-0.2, 0) is 6.54 Å². The molecule has 0 radical (unpaired) electrons. The van der Waals surface area contributed by atoms with Crippen molar-refractivity contribution in [3.8, 4) is 16.5 Å². The predicted octanol–water partition coefficient (Wildman–Crippen LogP) is 4.44. The summed E-state index contributed by atoms with van der Waals surface area (Å²) < 4.78 is 0. The van der Waals surface area contributed by atoms with Gasteiger partial charge in [-0.2, -0.15) is 5.26 Å². The Morgan fingerprint density at radius 2 is 2.11 bits per heavy atom. The maximum Gasteiger partial charge on any atom is 0.110 e. The Kier molecular flexibility index (Phi) is 4.60. The summed E-state index contributed by atoms with van der Waals surface area (Å²) >= 11 is 7.58. The van der Waals surface area contributed by atoms with Crippen LogP contribution in [0.3, 0.4) is 0 Å². The largest absolute Gasteiger partial charge is 0.310 e. The van der Waals surface area contributed by atoms with Crippen molar-refractivity contribution in [3.05, 3.63) is 45.8 Å². The Bertz CT molecular complexity index is 611. The van der Waals surface area contributed by atoms with E-state index in [0.29, 0.717) is 6.04 Å². The van der Waals surface area contributed by atoms with E-state index in [9.17, 15) is 0 Å². The molecule has 1 aromatic heterocycles. The summed E-state index contributed by atoms with van der Waals surface area (Å²) in [6.45, 7) is 5.00. The Labute approximate surface area is 122 Å². The molecule has 2 rings (SSSR count). The lowest BCUT2D eigenvalue weighted by atomic mass is 10.1. The first-order chi connectivity index (χ1) is 9.10. The minimum absolute atomic E-state index is 0.421. The number of benzene rings is 1. The van der Waals surface area contributed by atoms with E-state index in [1.807, 2.05) is 30.3 Å². The van der Waals surface area contributed by atoms with Gasteiger partial charge in [0.05, 0.1) is 0 Å². The SMILES string of the molecule is CC(C)NCc1cc(Cl)ccc1-c1ccc(C#N)s1. The molecule has 2 aromatic rings. The van der Waals surface area contributed by atoms with Gasteiger partial charge in [0.15, 0.2) is 0 Å². The Hall–Kier alpha value is -1.34. The van der Waals surface area contributed by atoms with E-state index in [0.717, 1.165) is 32.4 Å². The molecule has 1 aromatic carbocycles. The fourth-order valence-electron chi connectivity index (χ4n) is 1.81. The van der Waals surface area contributed by atoms with Gasteiger partial charge in [-0.25, -0.2) is 0 Å². The minimum Gasteiger partial charge on any atom is -0.310 e. The molecule has 1 heterocycles. The molecule has 0 spiro atoms. The van der Waals surface area contributed by atoms with Gasteiger partial charge < -0.3 is 5.32 Å². The monoisotopic (exact) mass is 290 g/mol. The normalized spacial score (nSPS) is 10.7.